The fourth-order valence-corrected chi connectivity index (χ4v) is 1.38. The van der Waals surface area contributed by atoms with E-state index in [1.165, 1.54) is 4.57 Å². The number of aryl methyl sites for hydroxylation is 1. The van der Waals surface area contributed by atoms with E-state index in [2.05, 4.69) is 4.98 Å². The van der Waals surface area contributed by atoms with Crippen molar-refractivity contribution in [3.05, 3.63) is 17.7 Å². The van der Waals surface area contributed by atoms with Crippen LogP contribution in [0.1, 0.15) is 17.6 Å². The largest absolute Gasteiger partial charge is 0.434 e. The van der Waals surface area contributed by atoms with Gasteiger partial charge in [-0.05, 0) is 6.92 Å². The van der Waals surface area contributed by atoms with E-state index in [1.54, 1.807) is 6.92 Å². The third kappa shape index (κ3) is 1.50. The number of imidazole rings is 1. The Bertz CT molecular complexity index is 341. The molecule has 1 aliphatic rings. The maximum Gasteiger partial charge on any atom is 0.434 e. The molecule has 0 bridgehead atoms. The molecule has 2 heterocycles. The molecule has 0 saturated carbocycles. The second kappa shape index (κ2) is 2.98. The first kappa shape index (κ1) is 9.51. The van der Waals surface area contributed by atoms with E-state index >= 15 is 0 Å². The summed E-state index contributed by atoms with van der Waals surface area (Å²) in [7, 11) is 0. The zero-order valence-electron chi connectivity index (χ0n) is 7.51. The van der Waals surface area contributed by atoms with Crippen molar-refractivity contribution in [2.24, 2.45) is 0 Å². The number of rotatable bonds is 1. The minimum Gasteiger partial charge on any atom is -0.377 e. The lowest BCUT2D eigenvalue weighted by Crippen LogP contribution is -2.30. The van der Waals surface area contributed by atoms with Gasteiger partial charge in [0.2, 0.25) is 0 Å². The predicted molar refractivity (Wildman–Crippen MR) is 41.8 cm³/mol. The Labute approximate surface area is 78.5 Å². The highest BCUT2D eigenvalue weighted by Crippen LogP contribution is 2.30. The molecule has 0 atom stereocenters. The molecule has 0 aromatic carbocycles. The SMILES string of the molecule is Cc1nc(C(F)(F)F)cn1C1COC1. The van der Waals surface area contributed by atoms with Crippen molar-refractivity contribution in [2.75, 3.05) is 13.2 Å². The number of hydrogen-bond donors (Lipinski definition) is 0. The van der Waals surface area contributed by atoms with E-state index in [1.807, 2.05) is 0 Å². The fraction of sp³-hybridized carbons (Fsp3) is 0.625. The average Bonchev–Trinajstić information content (AvgIpc) is 2.28. The Hall–Kier alpha value is -1.04. The van der Waals surface area contributed by atoms with Crippen LogP contribution in [-0.4, -0.2) is 22.8 Å². The monoisotopic (exact) mass is 206 g/mol. The van der Waals surface area contributed by atoms with Crippen LogP contribution in [0.25, 0.3) is 0 Å². The highest BCUT2D eigenvalue weighted by atomic mass is 19.4. The van der Waals surface area contributed by atoms with Crippen LogP contribution in [0.4, 0.5) is 13.2 Å². The summed E-state index contributed by atoms with van der Waals surface area (Å²) >= 11 is 0. The molecule has 78 valence electrons. The number of hydrogen-bond acceptors (Lipinski definition) is 2. The van der Waals surface area contributed by atoms with Gasteiger partial charge in [-0.3, -0.25) is 0 Å². The molecule has 0 N–H and O–H groups in total. The standard InChI is InChI=1S/C8H9F3N2O/c1-5-12-7(8(9,10)11)2-13(5)6-3-14-4-6/h2,6H,3-4H2,1H3. The van der Waals surface area contributed by atoms with Gasteiger partial charge in [0.25, 0.3) is 0 Å². The van der Waals surface area contributed by atoms with Crippen LogP contribution in [0, 0.1) is 6.92 Å². The quantitative estimate of drug-likeness (QED) is 0.700. The van der Waals surface area contributed by atoms with Gasteiger partial charge in [0.15, 0.2) is 5.69 Å². The molecule has 0 spiro atoms. The van der Waals surface area contributed by atoms with Crippen molar-refractivity contribution >= 4 is 0 Å². The third-order valence-corrected chi connectivity index (χ3v) is 2.22. The van der Waals surface area contributed by atoms with Gasteiger partial charge in [-0.25, -0.2) is 4.98 Å². The first-order chi connectivity index (χ1) is 6.48. The van der Waals surface area contributed by atoms with Gasteiger partial charge in [0, 0.05) is 6.20 Å². The topological polar surface area (TPSA) is 27.1 Å². The van der Waals surface area contributed by atoms with Crippen LogP contribution in [0.2, 0.25) is 0 Å². The van der Waals surface area contributed by atoms with Crippen molar-refractivity contribution in [3.63, 3.8) is 0 Å². The van der Waals surface area contributed by atoms with Crippen molar-refractivity contribution in [1.82, 2.24) is 9.55 Å². The Morgan fingerprint density at radius 1 is 1.50 bits per heavy atom. The van der Waals surface area contributed by atoms with Gasteiger partial charge in [0.1, 0.15) is 5.82 Å². The lowest BCUT2D eigenvalue weighted by Gasteiger charge is -2.27. The molecule has 3 nitrogen and oxygen atoms in total. The smallest absolute Gasteiger partial charge is 0.377 e. The Balaban J connectivity index is 2.29. The Morgan fingerprint density at radius 3 is 2.50 bits per heavy atom. The number of nitrogens with zero attached hydrogens (tertiary/aromatic N) is 2. The summed E-state index contributed by atoms with van der Waals surface area (Å²) in [5, 5.41) is 0. The van der Waals surface area contributed by atoms with E-state index < -0.39 is 11.9 Å². The zero-order valence-corrected chi connectivity index (χ0v) is 7.51. The second-order valence-electron chi connectivity index (χ2n) is 3.27. The number of aromatic nitrogens is 2. The maximum atomic E-state index is 12.3. The molecular weight excluding hydrogens is 197 g/mol. The third-order valence-electron chi connectivity index (χ3n) is 2.22. The van der Waals surface area contributed by atoms with Crippen LogP contribution < -0.4 is 0 Å². The average molecular weight is 206 g/mol. The van der Waals surface area contributed by atoms with E-state index in [-0.39, 0.29) is 6.04 Å². The van der Waals surface area contributed by atoms with Crippen molar-refractivity contribution in [2.45, 2.75) is 19.1 Å². The van der Waals surface area contributed by atoms with Gasteiger partial charge in [-0.2, -0.15) is 13.2 Å². The lowest BCUT2D eigenvalue weighted by atomic mass is 10.2. The number of halogens is 3. The summed E-state index contributed by atoms with van der Waals surface area (Å²) in [5.74, 6) is 0.380. The fourth-order valence-electron chi connectivity index (χ4n) is 1.38. The molecule has 0 amide bonds. The minimum absolute atomic E-state index is 0.0126. The van der Waals surface area contributed by atoms with Crippen molar-refractivity contribution in [3.8, 4) is 0 Å². The van der Waals surface area contributed by atoms with Gasteiger partial charge in [0.05, 0.1) is 19.3 Å². The summed E-state index contributed by atoms with van der Waals surface area (Å²) in [6.07, 6.45) is -3.32. The molecule has 1 fully saturated rings. The van der Waals surface area contributed by atoms with E-state index in [0.717, 1.165) is 6.20 Å². The summed E-state index contributed by atoms with van der Waals surface area (Å²) in [6.45, 7) is 2.50. The van der Waals surface area contributed by atoms with Gasteiger partial charge in [-0.1, -0.05) is 0 Å². The van der Waals surface area contributed by atoms with Crippen LogP contribution in [-0.2, 0) is 10.9 Å². The van der Waals surface area contributed by atoms with Gasteiger partial charge in [-0.15, -0.1) is 0 Å². The highest BCUT2D eigenvalue weighted by Gasteiger charge is 2.35. The van der Waals surface area contributed by atoms with Crippen LogP contribution >= 0.6 is 0 Å². The molecule has 0 aliphatic carbocycles. The number of ether oxygens (including phenoxy) is 1. The molecule has 1 aliphatic heterocycles. The van der Waals surface area contributed by atoms with Crippen LogP contribution in [0.15, 0.2) is 6.20 Å². The van der Waals surface area contributed by atoms with E-state index in [4.69, 9.17) is 4.74 Å². The van der Waals surface area contributed by atoms with Gasteiger partial charge < -0.3 is 9.30 Å². The molecule has 2 rings (SSSR count). The predicted octanol–water partition coefficient (Wildman–Crippen LogP) is 1.78. The molecule has 1 aromatic rings. The van der Waals surface area contributed by atoms with E-state index in [0.29, 0.717) is 19.0 Å². The molecule has 0 radical (unpaired) electrons. The second-order valence-corrected chi connectivity index (χ2v) is 3.27. The van der Waals surface area contributed by atoms with E-state index in [9.17, 15) is 13.2 Å². The highest BCUT2D eigenvalue weighted by molar-refractivity contribution is 5.08. The Kier molecular flexibility index (Phi) is 2.02. The summed E-state index contributed by atoms with van der Waals surface area (Å²) < 4.78 is 43.2. The Morgan fingerprint density at radius 2 is 2.14 bits per heavy atom. The van der Waals surface area contributed by atoms with Crippen LogP contribution in [0.3, 0.4) is 0 Å². The van der Waals surface area contributed by atoms with Crippen molar-refractivity contribution in [1.29, 1.82) is 0 Å². The molecule has 1 saturated heterocycles. The molecule has 6 heteroatoms. The zero-order chi connectivity index (χ0) is 10.3. The molecule has 1 aromatic heterocycles. The lowest BCUT2D eigenvalue weighted by molar-refractivity contribution is -0.141. The first-order valence-electron chi connectivity index (χ1n) is 4.19. The number of alkyl halides is 3. The van der Waals surface area contributed by atoms with Crippen molar-refractivity contribution < 1.29 is 17.9 Å². The normalized spacial score (nSPS) is 18.3. The summed E-state index contributed by atoms with van der Waals surface area (Å²) in [4.78, 5) is 3.47. The molecule has 0 unspecified atom stereocenters. The maximum absolute atomic E-state index is 12.3. The van der Waals surface area contributed by atoms with Crippen LogP contribution in [0.5, 0.6) is 0 Å². The van der Waals surface area contributed by atoms with Gasteiger partial charge >= 0.3 is 6.18 Å². The summed E-state index contributed by atoms with van der Waals surface area (Å²) in [6, 6.07) is 0.0126. The molecule has 14 heavy (non-hydrogen) atoms. The molecular formula is C8H9F3N2O. The first-order valence-corrected chi connectivity index (χ1v) is 4.19. The minimum atomic E-state index is -4.36. The summed E-state index contributed by atoms with van der Waals surface area (Å²) in [5.41, 5.74) is -0.832.